The lowest BCUT2D eigenvalue weighted by Crippen LogP contribution is -2.49. The summed E-state index contributed by atoms with van der Waals surface area (Å²) in [5.41, 5.74) is 1.26. The molecule has 1 amide bonds. The highest BCUT2D eigenvalue weighted by atomic mass is 32.1. The summed E-state index contributed by atoms with van der Waals surface area (Å²) >= 11 is 1.69. The maximum absolute atomic E-state index is 12.2. The predicted octanol–water partition coefficient (Wildman–Crippen LogP) is 1.76. The molecule has 0 unspecified atom stereocenters. The average Bonchev–Trinajstić information content (AvgIpc) is 3.16. The molecule has 0 atom stereocenters. The number of imidazole rings is 1. The monoisotopic (exact) mass is 304 g/mol. The third-order valence-corrected chi connectivity index (χ3v) is 4.65. The smallest absolute Gasteiger partial charge is 0.223 e. The van der Waals surface area contributed by atoms with Crippen LogP contribution in [-0.2, 0) is 18.3 Å². The fourth-order valence-corrected chi connectivity index (χ4v) is 3.37. The largest absolute Gasteiger partial charge is 0.339 e. The molecule has 1 aliphatic heterocycles. The summed E-state index contributed by atoms with van der Waals surface area (Å²) in [6.07, 6.45) is 5.22. The van der Waals surface area contributed by atoms with E-state index in [0.29, 0.717) is 6.42 Å². The maximum Gasteiger partial charge on any atom is 0.223 e. The Balaban J connectivity index is 1.49. The van der Waals surface area contributed by atoms with Gasteiger partial charge in [0, 0.05) is 52.0 Å². The Kier molecular flexibility index (Phi) is 4.24. The van der Waals surface area contributed by atoms with Gasteiger partial charge in [-0.25, -0.2) is 4.98 Å². The van der Waals surface area contributed by atoms with Crippen LogP contribution in [0.25, 0.3) is 0 Å². The molecular weight excluding hydrogens is 284 g/mol. The minimum atomic E-state index is 0.265. The van der Waals surface area contributed by atoms with E-state index >= 15 is 0 Å². The average molecular weight is 304 g/mol. The van der Waals surface area contributed by atoms with Gasteiger partial charge in [0.1, 0.15) is 0 Å². The van der Waals surface area contributed by atoms with E-state index in [0.717, 1.165) is 38.5 Å². The zero-order valence-corrected chi connectivity index (χ0v) is 13.1. The Morgan fingerprint density at radius 2 is 2.14 bits per heavy atom. The predicted molar refractivity (Wildman–Crippen MR) is 84.6 cm³/mol. The molecule has 0 N–H and O–H groups in total. The molecule has 0 spiro atoms. The van der Waals surface area contributed by atoms with Crippen LogP contribution in [0.1, 0.15) is 12.0 Å². The van der Waals surface area contributed by atoms with Crippen molar-refractivity contribution in [1.29, 1.82) is 0 Å². The number of aromatic nitrogens is 2. The first-order valence-electron chi connectivity index (χ1n) is 7.25. The molecule has 0 aromatic carbocycles. The van der Waals surface area contributed by atoms with Crippen LogP contribution in [0, 0.1) is 0 Å². The summed E-state index contributed by atoms with van der Waals surface area (Å²) in [6.45, 7) is 3.29. The zero-order valence-electron chi connectivity index (χ0n) is 12.2. The van der Waals surface area contributed by atoms with Crippen LogP contribution in [0.2, 0.25) is 0 Å². The van der Waals surface area contributed by atoms with Crippen molar-refractivity contribution in [3.05, 3.63) is 34.8 Å². The van der Waals surface area contributed by atoms with E-state index in [2.05, 4.69) is 26.7 Å². The van der Waals surface area contributed by atoms with Crippen molar-refractivity contribution < 1.29 is 4.79 Å². The summed E-state index contributed by atoms with van der Waals surface area (Å²) in [5, 5.41) is 4.18. The first-order chi connectivity index (χ1) is 10.2. The lowest BCUT2D eigenvalue weighted by molar-refractivity contribution is -0.131. The molecule has 5 nitrogen and oxygen atoms in total. The van der Waals surface area contributed by atoms with Gasteiger partial charge in [-0.3, -0.25) is 4.79 Å². The van der Waals surface area contributed by atoms with Gasteiger partial charge in [-0.15, -0.1) is 0 Å². The van der Waals surface area contributed by atoms with E-state index in [4.69, 9.17) is 0 Å². The SMILES string of the molecule is Cn1ccnc1N1CCN(C(=O)CCc2ccsc2)CC1. The second kappa shape index (κ2) is 6.30. The summed E-state index contributed by atoms with van der Waals surface area (Å²) in [5.74, 6) is 1.25. The fourth-order valence-electron chi connectivity index (χ4n) is 2.66. The standard InChI is InChI=1S/C15H20N4OS/c1-17-6-5-16-15(17)19-9-7-18(8-10-19)14(20)3-2-13-4-11-21-12-13/h4-6,11-12H,2-3,7-10H2,1H3. The van der Waals surface area contributed by atoms with E-state index in [9.17, 15) is 4.79 Å². The van der Waals surface area contributed by atoms with Gasteiger partial charge in [0.05, 0.1) is 0 Å². The number of rotatable bonds is 4. The zero-order chi connectivity index (χ0) is 14.7. The third-order valence-electron chi connectivity index (χ3n) is 3.92. The normalized spacial score (nSPS) is 15.5. The molecule has 2 aromatic heterocycles. The van der Waals surface area contributed by atoms with Gasteiger partial charge in [0.2, 0.25) is 11.9 Å². The summed E-state index contributed by atoms with van der Waals surface area (Å²) < 4.78 is 2.02. The summed E-state index contributed by atoms with van der Waals surface area (Å²) in [7, 11) is 2.00. The second-order valence-electron chi connectivity index (χ2n) is 5.34. The number of nitrogens with zero attached hydrogens (tertiary/aromatic N) is 4. The van der Waals surface area contributed by atoms with Crippen LogP contribution in [-0.4, -0.2) is 46.5 Å². The Labute approximate surface area is 128 Å². The third kappa shape index (κ3) is 3.26. The van der Waals surface area contributed by atoms with Crippen molar-refractivity contribution in [3.63, 3.8) is 0 Å². The van der Waals surface area contributed by atoms with Gasteiger partial charge in [-0.2, -0.15) is 11.3 Å². The van der Waals surface area contributed by atoms with Gasteiger partial charge in [0.15, 0.2) is 0 Å². The number of piperazine rings is 1. The minimum Gasteiger partial charge on any atom is -0.339 e. The van der Waals surface area contributed by atoms with Crippen LogP contribution in [0.4, 0.5) is 5.95 Å². The van der Waals surface area contributed by atoms with E-state index in [-0.39, 0.29) is 5.91 Å². The fraction of sp³-hybridized carbons (Fsp3) is 0.467. The lowest BCUT2D eigenvalue weighted by Gasteiger charge is -2.35. The van der Waals surface area contributed by atoms with Crippen molar-refractivity contribution >= 4 is 23.2 Å². The van der Waals surface area contributed by atoms with E-state index in [1.807, 2.05) is 28.9 Å². The summed E-state index contributed by atoms with van der Waals surface area (Å²) in [4.78, 5) is 20.8. The van der Waals surface area contributed by atoms with Crippen molar-refractivity contribution in [2.24, 2.45) is 7.05 Å². The maximum atomic E-state index is 12.2. The molecule has 1 fully saturated rings. The van der Waals surface area contributed by atoms with Crippen molar-refractivity contribution in [2.75, 3.05) is 31.1 Å². The van der Waals surface area contributed by atoms with E-state index in [1.54, 1.807) is 11.3 Å². The van der Waals surface area contributed by atoms with Crippen LogP contribution in [0.5, 0.6) is 0 Å². The number of aryl methyl sites for hydroxylation is 2. The van der Waals surface area contributed by atoms with Gasteiger partial charge in [0.25, 0.3) is 0 Å². The highest BCUT2D eigenvalue weighted by Gasteiger charge is 2.22. The second-order valence-corrected chi connectivity index (χ2v) is 6.12. The van der Waals surface area contributed by atoms with Crippen LogP contribution in [0.3, 0.4) is 0 Å². The highest BCUT2D eigenvalue weighted by Crippen LogP contribution is 2.14. The number of anilines is 1. The molecule has 0 radical (unpaired) electrons. The minimum absolute atomic E-state index is 0.265. The Bertz CT molecular complexity index is 585. The van der Waals surface area contributed by atoms with Crippen molar-refractivity contribution in [2.45, 2.75) is 12.8 Å². The number of carbonyl (C=O) groups is 1. The molecule has 0 bridgehead atoms. The number of amides is 1. The molecule has 112 valence electrons. The topological polar surface area (TPSA) is 41.4 Å². The molecule has 3 rings (SSSR count). The molecule has 0 saturated carbocycles. The van der Waals surface area contributed by atoms with Crippen molar-refractivity contribution in [3.8, 4) is 0 Å². The molecule has 6 heteroatoms. The molecule has 3 heterocycles. The number of carbonyl (C=O) groups excluding carboxylic acids is 1. The molecular formula is C15H20N4OS. The Morgan fingerprint density at radius 1 is 1.33 bits per heavy atom. The van der Waals surface area contributed by atoms with Crippen LogP contribution in [0.15, 0.2) is 29.2 Å². The molecule has 2 aromatic rings. The van der Waals surface area contributed by atoms with Gasteiger partial charge < -0.3 is 14.4 Å². The highest BCUT2D eigenvalue weighted by molar-refractivity contribution is 7.07. The Morgan fingerprint density at radius 3 is 2.76 bits per heavy atom. The Hall–Kier alpha value is -1.82. The number of hydrogen-bond acceptors (Lipinski definition) is 4. The molecule has 0 aliphatic carbocycles. The van der Waals surface area contributed by atoms with Gasteiger partial charge in [-0.05, 0) is 28.8 Å². The van der Waals surface area contributed by atoms with Gasteiger partial charge in [-0.1, -0.05) is 0 Å². The quantitative estimate of drug-likeness (QED) is 0.864. The van der Waals surface area contributed by atoms with Crippen molar-refractivity contribution in [1.82, 2.24) is 14.5 Å². The first kappa shape index (κ1) is 14.1. The summed E-state index contributed by atoms with van der Waals surface area (Å²) in [6, 6.07) is 2.09. The molecule has 1 aliphatic rings. The molecule has 1 saturated heterocycles. The lowest BCUT2D eigenvalue weighted by atomic mass is 10.1. The van der Waals surface area contributed by atoms with Crippen LogP contribution >= 0.6 is 11.3 Å². The molecule has 21 heavy (non-hydrogen) atoms. The van der Waals surface area contributed by atoms with Gasteiger partial charge >= 0.3 is 0 Å². The number of thiophene rings is 1. The van der Waals surface area contributed by atoms with E-state index in [1.165, 1.54) is 5.56 Å². The van der Waals surface area contributed by atoms with E-state index < -0.39 is 0 Å². The van der Waals surface area contributed by atoms with Crippen LogP contribution < -0.4 is 4.90 Å². The number of hydrogen-bond donors (Lipinski definition) is 0. The first-order valence-corrected chi connectivity index (χ1v) is 8.19.